The summed E-state index contributed by atoms with van der Waals surface area (Å²) < 4.78 is 21.2. The lowest BCUT2D eigenvalue weighted by Crippen LogP contribution is -2.40. The number of aryl methyl sites for hydroxylation is 3. The van der Waals surface area contributed by atoms with Crippen molar-refractivity contribution < 1.29 is 19.0 Å². The molecule has 0 unspecified atom stereocenters. The van der Waals surface area contributed by atoms with Gasteiger partial charge in [0, 0.05) is 5.56 Å². The Hall–Kier alpha value is -2.56. The molecule has 0 saturated heterocycles. The number of benzene rings is 2. The molecule has 2 aromatic rings. The summed E-state index contributed by atoms with van der Waals surface area (Å²) in [5.41, 5.74) is 4.82. The summed E-state index contributed by atoms with van der Waals surface area (Å²) in [6, 6.07) is 6.92. The van der Waals surface area contributed by atoms with Crippen molar-refractivity contribution in [3.63, 3.8) is 0 Å². The largest absolute Gasteiger partial charge is 0.493 e. The Kier molecular flexibility index (Phi) is 6.39. The van der Waals surface area contributed by atoms with Crippen LogP contribution in [-0.4, -0.2) is 17.8 Å². The molecule has 1 atom stereocenters. The van der Waals surface area contributed by atoms with Gasteiger partial charge in [-0.25, -0.2) is 9.18 Å². The topological polar surface area (TPSA) is 58.6 Å². The van der Waals surface area contributed by atoms with E-state index in [1.807, 2.05) is 45.9 Å². The first-order valence-electron chi connectivity index (χ1n) is 10.7. The highest BCUT2D eigenvalue weighted by Crippen LogP contribution is 2.45. The predicted octanol–water partition coefficient (Wildman–Crippen LogP) is 6.57. The fraction of sp³-hybridized carbons (Fsp3) is 0.480. The number of rotatable bonds is 6. The third-order valence-electron chi connectivity index (χ3n) is 6.14. The SMILES string of the molecule is CCCCOc1c(C)cc(-c2cc3c(cc2F)[C@H](NC(=O)O)C(C)(C)CC3)cc1C. The first-order valence-corrected chi connectivity index (χ1v) is 10.7. The van der Waals surface area contributed by atoms with Gasteiger partial charge >= 0.3 is 6.09 Å². The minimum atomic E-state index is -1.09. The molecule has 0 bridgehead atoms. The van der Waals surface area contributed by atoms with E-state index in [4.69, 9.17) is 4.74 Å². The van der Waals surface area contributed by atoms with Crippen LogP contribution in [0.2, 0.25) is 0 Å². The van der Waals surface area contributed by atoms with Gasteiger partial charge in [-0.3, -0.25) is 0 Å². The molecule has 2 aromatic carbocycles. The van der Waals surface area contributed by atoms with Gasteiger partial charge in [-0.1, -0.05) is 27.2 Å². The summed E-state index contributed by atoms with van der Waals surface area (Å²) in [6.07, 6.45) is 2.62. The molecule has 1 aliphatic rings. The van der Waals surface area contributed by atoms with E-state index in [0.717, 1.165) is 59.3 Å². The highest BCUT2D eigenvalue weighted by Gasteiger charge is 2.37. The molecule has 1 amide bonds. The summed E-state index contributed by atoms with van der Waals surface area (Å²) >= 11 is 0. The molecule has 30 heavy (non-hydrogen) atoms. The van der Waals surface area contributed by atoms with E-state index in [1.54, 1.807) is 0 Å². The summed E-state index contributed by atoms with van der Waals surface area (Å²) in [5, 5.41) is 11.9. The number of unbranched alkanes of at least 4 members (excludes halogenated alkanes) is 1. The molecule has 162 valence electrons. The van der Waals surface area contributed by atoms with Crippen LogP contribution in [0.15, 0.2) is 24.3 Å². The second-order valence-electron chi connectivity index (χ2n) is 9.04. The Bertz CT molecular complexity index is 929. The summed E-state index contributed by atoms with van der Waals surface area (Å²) in [6.45, 7) is 10.8. The normalized spacial score (nSPS) is 17.3. The van der Waals surface area contributed by atoms with E-state index >= 15 is 4.39 Å². The highest BCUT2D eigenvalue weighted by molar-refractivity contribution is 5.70. The van der Waals surface area contributed by atoms with Crippen LogP contribution in [0.3, 0.4) is 0 Å². The summed E-state index contributed by atoms with van der Waals surface area (Å²) in [4.78, 5) is 11.3. The minimum absolute atomic E-state index is 0.274. The van der Waals surface area contributed by atoms with Gasteiger partial charge in [-0.2, -0.15) is 0 Å². The maximum Gasteiger partial charge on any atom is 0.405 e. The molecule has 0 aliphatic heterocycles. The zero-order chi connectivity index (χ0) is 22.1. The van der Waals surface area contributed by atoms with Gasteiger partial charge in [-0.15, -0.1) is 0 Å². The number of ether oxygens (including phenoxy) is 1. The molecule has 4 nitrogen and oxygen atoms in total. The van der Waals surface area contributed by atoms with E-state index < -0.39 is 12.1 Å². The summed E-state index contributed by atoms with van der Waals surface area (Å²) in [7, 11) is 0. The molecule has 0 fully saturated rings. The standard InChI is InChI=1S/C25H32FNO3/c1-6-7-10-30-22-15(2)11-18(12-16(22)3)19-13-17-8-9-25(4,5)23(27-24(28)29)20(17)14-21(19)26/h11-14,23,27H,6-10H2,1-5H3,(H,28,29)/t23-/m0/s1. The minimum Gasteiger partial charge on any atom is -0.493 e. The molecule has 5 heteroatoms. The molecule has 1 aliphatic carbocycles. The van der Waals surface area contributed by atoms with Crippen LogP contribution in [0.5, 0.6) is 5.75 Å². The number of hydrogen-bond donors (Lipinski definition) is 2. The lowest BCUT2D eigenvalue weighted by Gasteiger charge is -2.40. The van der Waals surface area contributed by atoms with Crippen LogP contribution < -0.4 is 10.1 Å². The molecular formula is C25H32FNO3. The lowest BCUT2D eigenvalue weighted by atomic mass is 9.70. The first-order chi connectivity index (χ1) is 14.1. The second kappa shape index (κ2) is 8.66. The van der Waals surface area contributed by atoms with Crippen molar-refractivity contribution in [2.45, 2.75) is 66.3 Å². The fourth-order valence-electron chi connectivity index (χ4n) is 4.41. The number of fused-ring (bicyclic) bond motifs is 1. The molecule has 0 heterocycles. The van der Waals surface area contributed by atoms with Gasteiger partial charge in [0.1, 0.15) is 11.6 Å². The van der Waals surface area contributed by atoms with Crippen molar-refractivity contribution in [1.29, 1.82) is 0 Å². The molecule has 2 N–H and O–H groups in total. The Morgan fingerprint density at radius 1 is 1.23 bits per heavy atom. The predicted molar refractivity (Wildman–Crippen MR) is 118 cm³/mol. The fourth-order valence-corrected chi connectivity index (χ4v) is 4.41. The van der Waals surface area contributed by atoms with Crippen LogP contribution in [0.4, 0.5) is 9.18 Å². The maximum atomic E-state index is 15.2. The Morgan fingerprint density at radius 3 is 2.50 bits per heavy atom. The van der Waals surface area contributed by atoms with Gasteiger partial charge in [0.15, 0.2) is 0 Å². The van der Waals surface area contributed by atoms with Crippen molar-refractivity contribution in [1.82, 2.24) is 5.32 Å². The van der Waals surface area contributed by atoms with Gasteiger partial charge in [-0.05, 0) is 90.6 Å². The van der Waals surface area contributed by atoms with Gasteiger partial charge in [0.2, 0.25) is 0 Å². The van der Waals surface area contributed by atoms with Crippen molar-refractivity contribution in [2.75, 3.05) is 6.61 Å². The van der Waals surface area contributed by atoms with E-state index in [-0.39, 0.29) is 11.2 Å². The van der Waals surface area contributed by atoms with Crippen LogP contribution in [0, 0.1) is 25.1 Å². The maximum absolute atomic E-state index is 15.2. The van der Waals surface area contributed by atoms with Crippen molar-refractivity contribution >= 4 is 6.09 Å². The molecule has 0 radical (unpaired) electrons. The van der Waals surface area contributed by atoms with Gasteiger partial charge in [0.25, 0.3) is 0 Å². The second-order valence-corrected chi connectivity index (χ2v) is 9.04. The van der Waals surface area contributed by atoms with Crippen LogP contribution in [0.25, 0.3) is 11.1 Å². The summed E-state index contributed by atoms with van der Waals surface area (Å²) in [5.74, 6) is 0.542. The van der Waals surface area contributed by atoms with Crippen molar-refractivity contribution in [2.24, 2.45) is 5.41 Å². The molecule has 3 rings (SSSR count). The number of amides is 1. The molecule has 0 saturated carbocycles. The number of hydrogen-bond acceptors (Lipinski definition) is 2. The highest BCUT2D eigenvalue weighted by atomic mass is 19.1. The van der Waals surface area contributed by atoms with E-state index in [2.05, 4.69) is 12.2 Å². The van der Waals surface area contributed by atoms with Gasteiger partial charge < -0.3 is 15.2 Å². The first kappa shape index (κ1) is 22.1. The molecule has 0 aromatic heterocycles. The number of carboxylic acid groups (broad SMARTS) is 1. The van der Waals surface area contributed by atoms with Gasteiger partial charge in [0.05, 0.1) is 12.6 Å². The average molecular weight is 414 g/mol. The lowest BCUT2D eigenvalue weighted by molar-refractivity contribution is 0.161. The van der Waals surface area contributed by atoms with Crippen molar-refractivity contribution in [3.05, 3.63) is 52.3 Å². The third-order valence-corrected chi connectivity index (χ3v) is 6.14. The van der Waals surface area contributed by atoms with Crippen LogP contribution in [-0.2, 0) is 6.42 Å². The van der Waals surface area contributed by atoms with E-state index in [9.17, 15) is 9.90 Å². The quantitative estimate of drug-likeness (QED) is 0.527. The number of halogens is 1. The molecular weight excluding hydrogens is 381 g/mol. The monoisotopic (exact) mass is 413 g/mol. The Balaban J connectivity index is 2.00. The smallest absolute Gasteiger partial charge is 0.405 e. The van der Waals surface area contributed by atoms with Crippen LogP contribution in [0.1, 0.15) is 68.3 Å². The Morgan fingerprint density at radius 2 is 1.90 bits per heavy atom. The third kappa shape index (κ3) is 4.45. The van der Waals surface area contributed by atoms with Crippen LogP contribution >= 0.6 is 0 Å². The van der Waals surface area contributed by atoms with E-state index in [0.29, 0.717) is 12.2 Å². The molecule has 0 spiro atoms. The zero-order valence-electron chi connectivity index (χ0n) is 18.6. The van der Waals surface area contributed by atoms with Crippen molar-refractivity contribution in [3.8, 4) is 16.9 Å². The average Bonchev–Trinajstić information content (AvgIpc) is 2.66. The van der Waals surface area contributed by atoms with E-state index in [1.165, 1.54) is 6.07 Å². The zero-order valence-corrected chi connectivity index (χ0v) is 18.6. The number of nitrogens with one attached hydrogen (secondary N) is 1. The number of carbonyl (C=O) groups is 1. The Labute approximate surface area is 178 Å².